The molecule has 3 aromatic carbocycles. The average molecular weight is 335 g/mol. The summed E-state index contributed by atoms with van der Waals surface area (Å²) in [7, 11) is 0. The maximum atomic E-state index is 6.01. The molecule has 0 aromatic heterocycles. The van der Waals surface area contributed by atoms with Crippen molar-refractivity contribution in [3.05, 3.63) is 64.6 Å². The first-order valence-corrected chi connectivity index (χ1v) is 7.87. The molecule has 5 heteroatoms. The molecule has 0 aliphatic carbocycles. The maximum absolute atomic E-state index is 6.01. The Hall–Kier alpha value is -1.55. The van der Waals surface area contributed by atoms with Gasteiger partial charge in [0.25, 0.3) is 0 Å². The van der Waals surface area contributed by atoms with Gasteiger partial charge in [-0.1, -0.05) is 47.5 Å². The predicted octanol–water partition coefficient (Wildman–Crippen LogP) is 5.85. The van der Waals surface area contributed by atoms with Gasteiger partial charge < -0.3 is 10.5 Å². The fourth-order valence-corrected chi connectivity index (χ4v) is 3.56. The van der Waals surface area contributed by atoms with E-state index in [0.29, 0.717) is 10.0 Å². The van der Waals surface area contributed by atoms with Crippen LogP contribution in [-0.4, -0.2) is 0 Å². The summed E-state index contributed by atoms with van der Waals surface area (Å²) in [5, 5.41) is 3.35. The van der Waals surface area contributed by atoms with E-state index < -0.39 is 0 Å². The Morgan fingerprint density at radius 3 is 2.29 bits per heavy atom. The van der Waals surface area contributed by atoms with Crippen LogP contribution in [0, 0.1) is 0 Å². The number of anilines is 2. The number of nitrogen functional groups attached to an aromatic ring is 1. The van der Waals surface area contributed by atoms with Gasteiger partial charge in [0.1, 0.15) is 0 Å². The van der Waals surface area contributed by atoms with Crippen molar-refractivity contribution < 1.29 is 0 Å². The molecule has 0 amide bonds. The zero-order valence-electron chi connectivity index (χ0n) is 10.9. The molecule has 0 spiro atoms. The minimum atomic E-state index is 0.619. The van der Waals surface area contributed by atoms with Crippen molar-refractivity contribution in [2.45, 2.75) is 4.90 Å². The quantitative estimate of drug-likeness (QED) is 0.466. The van der Waals surface area contributed by atoms with Crippen LogP contribution in [0.1, 0.15) is 0 Å². The summed E-state index contributed by atoms with van der Waals surface area (Å²) < 4.78 is 3.33. The summed E-state index contributed by atoms with van der Waals surface area (Å²) in [4.78, 5) is 0.952. The lowest BCUT2D eigenvalue weighted by Gasteiger charge is -2.10. The number of benzene rings is 3. The minimum Gasteiger partial charge on any atom is -0.398 e. The van der Waals surface area contributed by atoms with E-state index >= 15 is 0 Å². The normalized spacial score (nSPS) is 10.8. The van der Waals surface area contributed by atoms with Crippen molar-refractivity contribution in [3.8, 4) is 0 Å². The lowest BCUT2D eigenvalue weighted by molar-refractivity contribution is 1.46. The summed E-state index contributed by atoms with van der Waals surface area (Å²) in [6.45, 7) is 0. The molecule has 2 nitrogen and oxygen atoms in total. The molecule has 3 N–H and O–H groups in total. The Balaban J connectivity index is 1.90. The van der Waals surface area contributed by atoms with Crippen molar-refractivity contribution >= 4 is 57.3 Å². The second-order valence-electron chi connectivity index (χ2n) is 4.56. The van der Waals surface area contributed by atoms with Crippen molar-refractivity contribution in [1.82, 2.24) is 0 Å². The number of halogens is 2. The Labute approximate surface area is 137 Å². The van der Waals surface area contributed by atoms with Crippen LogP contribution in [0.3, 0.4) is 0 Å². The van der Waals surface area contributed by atoms with Crippen LogP contribution in [0.5, 0.6) is 0 Å². The van der Waals surface area contributed by atoms with E-state index in [9.17, 15) is 0 Å². The second-order valence-corrected chi connectivity index (χ2v) is 6.31. The fraction of sp³-hybridized carbons (Fsp3) is 0. The lowest BCUT2D eigenvalue weighted by atomic mass is 10.1. The summed E-state index contributed by atoms with van der Waals surface area (Å²) >= 11 is 13.5. The van der Waals surface area contributed by atoms with Gasteiger partial charge in [0.05, 0.1) is 5.69 Å². The Morgan fingerprint density at radius 1 is 0.857 bits per heavy atom. The first-order chi connectivity index (χ1) is 10.1. The highest BCUT2D eigenvalue weighted by Gasteiger charge is 2.04. The molecular formula is C16H12Cl2N2S. The Bertz CT molecular complexity index is 785. The third-order valence-electron chi connectivity index (χ3n) is 3.07. The summed E-state index contributed by atoms with van der Waals surface area (Å²) in [6.07, 6.45) is 0. The molecule has 106 valence electrons. The monoisotopic (exact) mass is 334 g/mol. The second kappa shape index (κ2) is 6.06. The van der Waals surface area contributed by atoms with E-state index in [1.54, 1.807) is 6.07 Å². The summed E-state index contributed by atoms with van der Waals surface area (Å²) in [5.74, 6) is 0. The summed E-state index contributed by atoms with van der Waals surface area (Å²) in [6, 6.07) is 17.3. The van der Waals surface area contributed by atoms with Crippen LogP contribution in [-0.2, 0) is 0 Å². The maximum Gasteiger partial charge on any atom is 0.0522 e. The Morgan fingerprint density at radius 2 is 1.52 bits per heavy atom. The molecule has 3 rings (SSSR count). The molecule has 0 radical (unpaired) electrons. The largest absolute Gasteiger partial charge is 0.398 e. The van der Waals surface area contributed by atoms with Crippen LogP contribution in [0.25, 0.3) is 10.8 Å². The van der Waals surface area contributed by atoms with Crippen LogP contribution < -0.4 is 10.5 Å². The van der Waals surface area contributed by atoms with E-state index in [1.165, 1.54) is 11.9 Å². The molecule has 0 bridgehead atoms. The van der Waals surface area contributed by atoms with Crippen LogP contribution >= 0.6 is 35.1 Å². The predicted molar refractivity (Wildman–Crippen MR) is 94.3 cm³/mol. The van der Waals surface area contributed by atoms with Gasteiger partial charge in [0.15, 0.2) is 0 Å². The zero-order valence-corrected chi connectivity index (χ0v) is 13.3. The fourth-order valence-electron chi connectivity index (χ4n) is 2.12. The van der Waals surface area contributed by atoms with E-state index in [-0.39, 0.29) is 0 Å². The average Bonchev–Trinajstić information content (AvgIpc) is 2.45. The number of nitrogens with one attached hydrogen (secondary N) is 1. The number of nitrogens with two attached hydrogens (primary N) is 1. The third-order valence-corrected chi connectivity index (χ3v) is 4.30. The van der Waals surface area contributed by atoms with Gasteiger partial charge in [-0.15, -0.1) is 0 Å². The van der Waals surface area contributed by atoms with Gasteiger partial charge in [-0.3, -0.25) is 0 Å². The third kappa shape index (κ3) is 3.21. The number of hydrogen-bond acceptors (Lipinski definition) is 3. The van der Waals surface area contributed by atoms with Gasteiger partial charge in [0.2, 0.25) is 0 Å². The van der Waals surface area contributed by atoms with E-state index in [2.05, 4.69) is 4.72 Å². The van der Waals surface area contributed by atoms with E-state index in [4.69, 9.17) is 28.9 Å². The molecular weight excluding hydrogens is 323 g/mol. The Kier molecular flexibility index (Phi) is 4.15. The van der Waals surface area contributed by atoms with Crippen molar-refractivity contribution in [1.29, 1.82) is 0 Å². The smallest absolute Gasteiger partial charge is 0.0522 e. The highest BCUT2D eigenvalue weighted by atomic mass is 35.5. The van der Waals surface area contributed by atoms with Gasteiger partial charge >= 0.3 is 0 Å². The van der Waals surface area contributed by atoms with Crippen molar-refractivity contribution in [2.24, 2.45) is 0 Å². The molecule has 0 aliphatic rings. The van der Waals surface area contributed by atoms with Crippen molar-refractivity contribution in [2.75, 3.05) is 10.5 Å². The highest BCUT2D eigenvalue weighted by Crippen LogP contribution is 2.32. The van der Waals surface area contributed by atoms with E-state index in [1.807, 2.05) is 48.5 Å². The van der Waals surface area contributed by atoms with E-state index in [0.717, 1.165) is 27.0 Å². The minimum absolute atomic E-state index is 0.619. The molecule has 0 saturated heterocycles. The number of rotatable bonds is 3. The molecule has 21 heavy (non-hydrogen) atoms. The van der Waals surface area contributed by atoms with Crippen LogP contribution in [0.2, 0.25) is 10.0 Å². The lowest BCUT2D eigenvalue weighted by Crippen LogP contribution is -1.91. The topological polar surface area (TPSA) is 38.0 Å². The SMILES string of the molecule is Nc1cccc2c(NSc3cc(Cl)cc(Cl)c3)cccc12. The van der Waals surface area contributed by atoms with Crippen LogP contribution in [0.4, 0.5) is 11.4 Å². The molecule has 0 heterocycles. The molecule has 0 saturated carbocycles. The summed E-state index contributed by atoms with van der Waals surface area (Å²) in [5.41, 5.74) is 7.77. The zero-order chi connectivity index (χ0) is 14.8. The molecule has 0 aliphatic heterocycles. The molecule has 0 unspecified atom stereocenters. The van der Waals surface area contributed by atoms with Crippen LogP contribution in [0.15, 0.2) is 59.5 Å². The number of fused-ring (bicyclic) bond motifs is 1. The molecule has 0 fully saturated rings. The van der Waals surface area contributed by atoms with Gasteiger partial charge in [-0.05, 0) is 42.3 Å². The first kappa shape index (κ1) is 14.4. The standard InChI is InChI=1S/C16H12Cl2N2S/c17-10-7-11(18)9-12(8-10)21-20-16-6-2-3-13-14(16)4-1-5-15(13)19/h1-9,20H,19H2. The molecule has 0 atom stereocenters. The van der Waals surface area contributed by atoms with Gasteiger partial charge in [-0.2, -0.15) is 0 Å². The van der Waals surface area contributed by atoms with Gasteiger partial charge in [-0.25, -0.2) is 0 Å². The highest BCUT2D eigenvalue weighted by molar-refractivity contribution is 8.00. The number of hydrogen-bond donors (Lipinski definition) is 2. The van der Waals surface area contributed by atoms with Crippen molar-refractivity contribution in [3.63, 3.8) is 0 Å². The first-order valence-electron chi connectivity index (χ1n) is 6.29. The van der Waals surface area contributed by atoms with Gasteiger partial charge in [0, 0.05) is 31.4 Å². The molecule has 3 aromatic rings.